The Balaban J connectivity index is 1.52. The van der Waals surface area contributed by atoms with Crippen LogP contribution in [-0.2, 0) is 16.0 Å². The molecule has 138 valence electrons. The molecule has 1 aromatic carbocycles. The molecule has 2 amide bonds. The number of carbonyl (C=O) groups excluding carboxylic acids is 2. The zero-order chi connectivity index (χ0) is 18.6. The summed E-state index contributed by atoms with van der Waals surface area (Å²) in [4.78, 5) is 24.0. The second-order valence-corrected chi connectivity index (χ2v) is 6.25. The van der Waals surface area contributed by atoms with E-state index in [9.17, 15) is 14.7 Å². The van der Waals surface area contributed by atoms with Crippen molar-refractivity contribution in [2.24, 2.45) is 0 Å². The molecule has 2 heterocycles. The van der Waals surface area contributed by atoms with Crippen molar-refractivity contribution in [3.05, 3.63) is 42.4 Å². The van der Waals surface area contributed by atoms with Crippen LogP contribution in [0.15, 0.2) is 41.0 Å². The van der Waals surface area contributed by atoms with E-state index in [2.05, 4.69) is 10.6 Å². The summed E-state index contributed by atoms with van der Waals surface area (Å²) in [6, 6.07) is 8.31. The fourth-order valence-electron chi connectivity index (χ4n) is 2.51. The maximum absolute atomic E-state index is 12.0. The Morgan fingerprint density at radius 3 is 2.65 bits per heavy atom. The number of benzene rings is 1. The Labute approximate surface area is 150 Å². The first-order chi connectivity index (χ1) is 12.4. The summed E-state index contributed by atoms with van der Waals surface area (Å²) >= 11 is 0. The molecule has 3 rings (SSSR count). The molecular weight excluding hydrogens is 340 g/mol. The molecule has 8 nitrogen and oxygen atoms in total. The number of anilines is 1. The smallest absolute Gasteiger partial charge is 0.313 e. The number of aliphatic hydroxyl groups is 1. The molecule has 0 aliphatic carbocycles. The van der Waals surface area contributed by atoms with Gasteiger partial charge < -0.3 is 29.6 Å². The van der Waals surface area contributed by atoms with Gasteiger partial charge in [0.15, 0.2) is 11.5 Å². The van der Waals surface area contributed by atoms with Crippen LogP contribution in [-0.4, -0.2) is 42.3 Å². The van der Waals surface area contributed by atoms with Crippen molar-refractivity contribution >= 4 is 17.5 Å². The third-order valence-corrected chi connectivity index (χ3v) is 3.77. The fraction of sp³-hybridized carbons (Fsp3) is 0.333. The zero-order valence-corrected chi connectivity index (χ0v) is 14.3. The van der Waals surface area contributed by atoms with E-state index in [1.54, 1.807) is 37.3 Å². The monoisotopic (exact) mass is 360 g/mol. The molecule has 1 aliphatic rings. The minimum Gasteiger partial charge on any atom is -0.486 e. The van der Waals surface area contributed by atoms with Crippen LogP contribution < -0.4 is 20.1 Å². The van der Waals surface area contributed by atoms with Crippen molar-refractivity contribution < 1.29 is 28.6 Å². The Morgan fingerprint density at radius 2 is 1.92 bits per heavy atom. The standard InChI is InChI=1S/C18H20N2O6/c1-18(23,10-13-3-2-6-24-13)11-19-16(21)17(22)20-12-4-5-14-15(9-12)26-8-7-25-14/h2-6,9,23H,7-8,10-11H2,1H3,(H,19,21)(H,20,22). The predicted octanol–water partition coefficient (Wildman–Crippen LogP) is 1.10. The molecule has 0 radical (unpaired) electrons. The Morgan fingerprint density at radius 1 is 1.15 bits per heavy atom. The average molecular weight is 360 g/mol. The van der Waals surface area contributed by atoms with E-state index in [-0.39, 0.29) is 13.0 Å². The molecule has 3 N–H and O–H groups in total. The van der Waals surface area contributed by atoms with E-state index >= 15 is 0 Å². The number of nitrogens with one attached hydrogen (secondary N) is 2. The predicted molar refractivity (Wildman–Crippen MR) is 92.1 cm³/mol. The molecule has 0 saturated carbocycles. The second-order valence-electron chi connectivity index (χ2n) is 6.25. The van der Waals surface area contributed by atoms with Gasteiger partial charge in [-0.25, -0.2) is 0 Å². The van der Waals surface area contributed by atoms with Gasteiger partial charge in [-0.05, 0) is 31.2 Å². The van der Waals surface area contributed by atoms with Crippen molar-refractivity contribution in [3.63, 3.8) is 0 Å². The fourth-order valence-corrected chi connectivity index (χ4v) is 2.51. The lowest BCUT2D eigenvalue weighted by Gasteiger charge is -2.22. The lowest BCUT2D eigenvalue weighted by molar-refractivity contribution is -0.136. The van der Waals surface area contributed by atoms with Crippen molar-refractivity contribution in [2.45, 2.75) is 18.9 Å². The van der Waals surface area contributed by atoms with Gasteiger partial charge in [0.25, 0.3) is 0 Å². The lowest BCUT2D eigenvalue weighted by atomic mass is 10.0. The Hall–Kier alpha value is -3.00. The lowest BCUT2D eigenvalue weighted by Crippen LogP contribution is -2.45. The first-order valence-corrected chi connectivity index (χ1v) is 8.16. The highest BCUT2D eigenvalue weighted by atomic mass is 16.6. The van der Waals surface area contributed by atoms with Crippen LogP contribution in [0.1, 0.15) is 12.7 Å². The molecule has 0 saturated heterocycles. The number of hydrogen-bond acceptors (Lipinski definition) is 6. The van der Waals surface area contributed by atoms with E-state index in [1.165, 1.54) is 6.26 Å². The van der Waals surface area contributed by atoms with E-state index < -0.39 is 17.4 Å². The number of carbonyl (C=O) groups is 2. The summed E-state index contributed by atoms with van der Waals surface area (Å²) in [5, 5.41) is 15.2. The van der Waals surface area contributed by atoms with E-state index in [1.807, 2.05) is 0 Å². The van der Waals surface area contributed by atoms with Gasteiger partial charge in [-0.3, -0.25) is 9.59 Å². The van der Waals surface area contributed by atoms with Gasteiger partial charge in [0.05, 0.1) is 11.9 Å². The van der Waals surface area contributed by atoms with Crippen LogP contribution >= 0.6 is 0 Å². The van der Waals surface area contributed by atoms with Gasteiger partial charge in [-0.1, -0.05) is 0 Å². The number of fused-ring (bicyclic) bond motifs is 1. The third kappa shape index (κ3) is 4.54. The highest BCUT2D eigenvalue weighted by Crippen LogP contribution is 2.32. The number of ether oxygens (including phenoxy) is 2. The number of hydrogen-bond donors (Lipinski definition) is 3. The minimum atomic E-state index is -1.25. The molecule has 26 heavy (non-hydrogen) atoms. The number of amides is 2. The summed E-state index contributed by atoms with van der Waals surface area (Å²) in [6.07, 6.45) is 1.72. The van der Waals surface area contributed by atoms with Crippen LogP contribution in [0.2, 0.25) is 0 Å². The van der Waals surface area contributed by atoms with Crippen molar-refractivity contribution in [1.82, 2.24) is 5.32 Å². The largest absolute Gasteiger partial charge is 0.486 e. The van der Waals surface area contributed by atoms with Gasteiger partial charge >= 0.3 is 11.8 Å². The highest BCUT2D eigenvalue weighted by molar-refractivity contribution is 6.39. The van der Waals surface area contributed by atoms with E-state index in [4.69, 9.17) is 13.9 Å². The topological polar surface area (TPSA) is 110 Å². The van der Waals surface area contributed by atoms with Gasteiger partial charge in [-0.15, -0.1) is 0 Å². The van der Waals surface area contributed by atoms with Crippen LogP contribution in [0.5, 0.6) is 11.5 Å². The molecule has 1 atom stereocenters. The van der Waals surface area contributed by atoms with Crippen molar-refractivity contribution in [3.8, 4) is 11.5 Å². The van der Waals surface area contributed by atoms with Gasteiger partial charge in [-0.2, -0.15) is 0 Å². The summed E-state index contributed by atoms with van der Waals surface area (Å²) < 4.78 is 16.0. The molecule has 1 aromatic heterocycles. The number of rotatable bonds is 5. The molecule has 1 unspecified atom stereocenters. The SMILES string of the molecule is CC(O)(CNC(=O)C(=O)Nc1ccc2c(c1)OCCO2)Cc1ccco1. The molecule has 8 heteroatoms. The van der Waals surface area contributed by atoms with Crippen LogP contribution in [0, 0.1) is 0 Å². The summed E-state index contributed by atoms with van der Waals surface area (Å²) in [5.41, 5.74) is -0.832. The van der Waals surface area contributed by atoms with Gasteiger partial charge in [0.2, 0.25) is 0 Å². The first-order valence-electron chi connectivity index (χ1n) is 8.16. The molecular formula is C18H20N2O6. The van der Waals surface area contributed by atoms with E-state index in [0.717, 1.165) is 0 Å². The Bertz CT molecular complexity index is 785. The van der Waals surface area contributed by atoms with Crippen LogP contribution in [0.25, 0.3) is 0 Å². The summed E-state index contributed by atoms with van der Waals surface area (Å²) in [6.45, 7) is 2.35. The van der Waals surface area contributed by atoms with Gasteiger partial charge in [0, 0.05) is 24.7 Å². The second kappa shape index (κ2) is 7.49. The molecule has 0 fully saturated rings. The number of furan rings is 1. The van der Waals surface area contributed by atoms with Crippen LogP contribution in [0.4, 0.5) is 5.69 Å². The highest BCUT2D eigenvalue weighted by Gasteiger charge is 2.25. The minimum absolute atomic E-state index is 0.0961. The van der Waals surface area contributed by atoms with E-state index in [0.29, 0.717) is 36.2 Å². The molecule has 0 spiro atoms. The van der Waals surface area contributed by atoms with Crippen molar-refractivity contribution in [2.75, 3.05) is 25.1 Å². The quantitative estimate of drug-likeness (QED) is 0.689. The van der Waals surface area contributed by atoms with Gasteiger partial charge in [0.1, 0.15) is 19.0 Å². The van der Waals surface area contributed by atoms with Crippen LogP contribution in [0.3, 0.4) is 0 Å². The van der Waals surface area contributed by atoms with Crippen molar-refractivity contribution in [1.29, 1.82) is 0 Å². The molecule has 0 bridgehead atoms. The maximum atomic E-state index is 12.0. The first kappa shape index (κ1) is 17.8. The summed E-state index contributed by atoms with van der Waals surface area (Å²) in [5.74, 6) is 0.00331. The normalized spacial score (nSPS) is 15.0. The zero-order valence-electron chi connectivity index (χ0n) is 14.3. The maximum Gasteiger partial charge on any atom is 0.313 e. The Kier molecular flexibility index (Phi) is 5.13. The molecule has 1 aliphatic heterocycles. The summed E-state index contributed by atoms with van der Waals surface area (Å²) in [7, 11) is 0. The third-order valence-electron chi connectivity index (χ3n) is 3.77. The average Bonchev–Trinajstić information content (AvgIpc) is 3.11. The molecule has 2 aromatic rings.